The van der Waals surface area contributed by atoms with Gasteiger partial charge in [0, 0.05) is 31.9 Å². The molecule has 3 rings (SSSR count). The highest BCUT2D eigenvalue weighted by atomic mass is 32.2. The van der Waals surface area contributed by atoms with Crippen LogP contribution in [-0.4, -0.2) is 38.9 Å². The number of benzene rings is 2. The Morgan fingerprint density at radius 2 is 1.18 bits per heavy atom. The van der Waals surface area contributed by atoms with Gasteiger partial charge in [0.15, 0.2) is 0 Å². The number of rotatable bonds is 3. The fourth-order valence-electron chi connectivity index (χ4n) is 4.23. The first-order valence-electron chi connectivity index (χ1n) is 9.95. The average Bonchev–Trinajstić information content (AvgIpc) is 2.67. The van der Waals surface area contributed by atoms with E-state index in [-0.39, 0.29) is 0 Å². The maximum absolute atomic E-state index is 13.5. The maximum atomic E-state index is 13.5. The van der Waals surface area contributed by atoms with Gasteiger partial charge in [0.05, 0.1) is 4.90 Å². The van der Waals surface area contributed by atoms with Crippen LogP contribution < -0.4 is 4.90 Å². The Hall–Kier alpha value is -1.85. The van der Waals surface area contributed by atoms with Crippen LogP contribution >= 0.6 is 0 Å². The summed E-state index contributed by atoms with van der Waals surface area (Å²) in [6.45, 7) is 16.7. The van der Waals surface area contributed by atoms with Crippen molar-refractivity contribution in [2.75, 3.05) is 31.1 Å². The van der Waals surface area contributed by atoms with Gasteiger partial charge >= 0.3 is 0 Å². The minimum atomic E-state index is -3.50. The van der Waals surface area contributed by atoms with Crippen molar-refractivity contribution in [1.82, 2.24) is 4.31 Å². The van der Waals surface area contributed by atoms with Crippen molar-refractivity contribution in [2.24, 2.45) is 0 Å². The van der Waals surface area contributed by atoms with Gasteiger partial charge in [-0.05, 0) is 93.5 Å². The topological polar surface area (TPSA) is 40.6 Å². The molecule has 0 bridgehead atoms. The number of anilines is 1. The molecule has 1 aliphatic heterocycles. The van der Waals surface area contributed by atoms with Gasteiger partial charge in [-0.3, -0.25) is 0 Å². The van der Waals surface area contributed by atoms with Crippen molar-refractivity contribution in [3.05, 3.63) is 57.1 Å². The third kappa shape index (κ3) is 3.35. The second kappa shape index (κ2) is 7.53. The van der Waals surface area contributed by atoms with E-state index in [1.165, 1.54) is 22.4 Å². The molecular weight excluding hydrogens is 368 g/mol. The molecule has 0 saturated carbocycles. The third-order valence-corrected chi connectivity index (χ3v) is 8.86. The van der Waals surface area contributed by atoms with Crippen molar-refractivity contribution in [2.45, 2.75) is 53.4 Å². The fourth-order valence-corrected chi connectivity index (χ4v) is 6.21. The smallest absolute Gasteiger partial charge is 0.243 e. The van der Waals surface area contributed by atoms with E-state index < -0.39 is 10.0 Å². The molecule has 0 unspecified atom stereocenters. The Kier molecular flexibility index (Phi) is 5.61. The lowest BCUT2D eigenvalue weighted by Crippen LogP contribution is -2.49. The molecule has 1 saturated heterocycles. The van der Waals surface area contributed by atoms with Gasteiger partial charge < -0.3 is 4.90 Å². The molecule has 2 aromatic carbocycles. The molecule has 0 N–H and O–H groups in total. The van der Waals surface area contributed by atoms with Gasteiger partial charge in [0.2, 0.25) is 10.0 Å². The Bertz CT molecular complexity index is 988. The van der Waals surface area contributed by atoms with E-state index in [0.29, 0.717) is 31.1 Å². The molecule has 0 radical (unpaired) electrons. The normalized spacial score (nSPS) is 15.9. The van der Waals surface area contributed by atoms with E-state index in [1.807, 2.05) is 27.7 Å². The quantitative estimate of drug-likeness (QED) is 0.769. The molecule has 152 valence electrons. The van der Waals surface area contributed by atoms with Crippen molar-refractivity contribution < 1.29 is 8.42 Å². The predicted octanol–water partition coefficient (Wildman–Crippen LogP) is 4.36. The highest BCUT2D eigenvalue weighted by Gasteiger charge is 2.32. The number of piperazine rings is 1. The number of hydrogen-bond donors (Lipinski definition) is 0. The first-order valence-corrected chi connectivity index (χ1v) is 11.4. The third-order valence-electron chi connectivity index (χ3n) is 6.68. The molecule has 1 heterocycles. The molecule has 28 heavy (non-hydrogen) atoms. The summed E-state index contributed by atoms with van der Waals surface area (Å²) in [5.74, 6) is 0. The molecule has 0 aliphatic carbocycles. The minimum Gasteiger partial charge on any atom is -0.369 e. The summed E-state index contributed by atoms with van der Waals surface area (Å²) < 4.78 is 28.7. The number of nitrogens with zero attached hydrogens (tertiary/aromatic N) is 2. The SMILES string of the molecule is Cc1cccc(N2CCN(S(=O)(=O)c3c(C)c(C)c(C)c(C)c3C)CC2)c1C. The summed E-state index contributed by atoms with van der Waals surface area (Å²) in [5.41, 5.74) is 8.88. The summed E-state index contributed by atoms with van der Waals surface area (Å²) in [6, 6.07) is 6.33. The highest BCUT2D eigenvalue weighted by Crippen LogP contribution is 2.32. The van der Waals surface area contributed by atoms with E-state index in [9.17, 15) is 8.42 Å². The van der Waals surface area contributed by atoms with Gasteiger partial charge in [0.25, 0.3) is 0 Å². The van der Waals surface area contributed by atoms with Gasteiger partial charge in [0.1, 0.15) is 0 Å². The van der Waals surface area contributed by atoms with E-state index in [4.69, 9.17) is 0 Å². The van der Waals surface area contributed by atoms with Crippen LogP contribution in [0, 0.1) is 48.5 Å². The average molecular weight is 401 g/mol. The summed E-state index contributed by atoms with van der Waals surface area (Å²) >= 11 is 0. The van der Waals surface area contributed by atoms with E-state index in [0.717, 1.165) is 22.3 Å². The van der Waals surface area contributed by atoms with Crippen LogP contribution in [0.15, 0.2) is 23.1 Å². The molecule has 0 aromatic heterocycles. The molecule has 0 amide bonds. The predicted molar refractivity (Wildman–Crippen MR) is 117 cm³/mol. The molecule has 0 spiro atoms. The Morgan fingerprint density at radius 1 is 0.679 bits per heavy atom. The molecule has 1 aliphatic rings. The molecule has 2 aromatic rings. The number of sulfonamides is 1. The van der Waals surface area contributed by atoms with Crippen LogP contribution in [0.3, 0.4) is 0 Å². The van der Waals surface area contributed by atoms with Crippen molar-refractivity contribution in [3.63, 3.8) is 0 Å². The lowest BCUT2D eigenvalue weighted by molar-refractivity contribution is 0.384. The van der Waals surface area contributed by atoms with E-state index >= 15 is 0 Å². The van der Waals surface area contributed by atoms with Gasteiger partial charge in [-0.2, -0.15) is 4.31 Å². The van der Waals surface area contributed by atoms with Crippen LogP contribution in [0.1, 0.15) is 38.9 Å². The molecule has 0 atom stereocenters. The highest BCUT2D eigenvalue weighted by molar-refractivity contribution is 7.89. The van der Waals surface area contributed by atoms with Gasteiger partial charge in [-0.15, -0.1) is 0 Å². The zero-order chi connectivity index (χ0) is 20.8. The Labute approximate surface area is 170 Å². The van der Waals surface area contributed by atoms with Crippen LogP contribution in [0.25, 0.3) is 0 Å². The summed E-state index contributed by atoms with van der Waals surface area (Å²) in [5, 5.41) is 0. The van der Waals surface area contributed by atoms with Crippen molar-refractivity contribution in [3.8, 4) is 0 Å². The standard InChI is InChI=1S/C23H32N2O2S/c1-15-9-8-10-22(16(15)2)24-11-13-25(14-12-24)28(26,27)23-20(6)18(4)17(3)19(5)21(23)7/h8-10H,11-14H2,1-7H3. The molecule has 5 heteroatoms. The largest absolute Gasteiger partial charge is 0.369 e. The van der Waals surface area contributed by atoms with E-state index in [1.54, 1.807) is 4.31 Å². The first kappa shape index (κ1) is 20.9. The van der Waals surface area contributed by atoms with Gasteiger partial charge in [-0.1, -0.05) is 12.1 Å². The number of aryl methyl sites for hydroxylation is 1. The van der Waals surface area contributed by atoms with Crippen LogP contribution in [-0.2, 0) is 10.0 Å². The van der Waals surface area contributed by atoms with Crippen molar-refractivity contribution in [1.29, 1.82) is 0 Å². The lowest BCUT2D eigenvalue weighted by Gasteiger charge is -2.37. The minimum absolute atomic E-state index is 0.508. The monoisotopic (exact) mass is 400 g/mol. The van der Waals surface area contributed by atoms with Crippen LogP contribution in [0.4, 0.5) is 5.69 Å². The Balaban J connectivity index is 1.90. The molecule has 4 nitrogen and oxygen atoms in total. The molecule has 1 fully saturated rings. The molecular formula is C23H32N2O2S. The van der Waals surface area contributed by atoms with Crippen LogP contribution in [0.5, 0.6) is 0 Å². The van der Waals surface area contributed by atoms with Crippen molar-refractivity contribution >= 4 is 15.7 Å². The number of hydrogen-bond acceptors (Lipinski definition) is 3. The Morgan fingerprint density at radius 3 is 1.71 bits per heavy atom. The lowest BCUT2D eigenvalue weighted by atomic mass is 9.95. The zero-order valence-electron chi connectivity index (χ0n) is 18.2. The van der Waals surface area contributed by atoms with Crippen LogP contribution in [0.2, 0.25) is 0 Å². The summed E-state index contributed by atoms with van der Waals surface area (Å²) in [6.07, 6.45) is 0. The first-order chi connectivity index (χ1) is 13.1. The van der Waals surface area contributed by atoms with E-state index in [2.05, 4.69) is 43.9 Å². The fraction of sp³-hybridized carbons (Fsp3) is 0.478. The second-order valence-corrected chi connectivity index (χ2v) is 9.94. The zero-order valence-corrected chi connectivity index (χ0v) is 19.0. The second-order valence-electron chi connectivity index (χ2n) is 8.06. The summed E-state index contributed by atoms with van der Waals surface area (Å²) in [4.78, 5) is 2.81. The summed E-state index contributed by atoms with van der Waals surface area (Å²) in [7, 11) is -3.50. The maximum Gasteiger partial charge on any atom is 0.243 e. The van der Waals surface area contributed by atoms with Gasteiger partial charge in [-0.25, -0.2) is 8.42 Å².